The summed E-state index contributed by atoms with van der Waals surface area (Å²) < 4.78 is 29.3. The van der Waals surface area contributed by atoms with Crippen molar-refractivity contribution in [2.75, 3.05) is 0 Å². The van der Waals surface area contributed by atoms with E-state index >= 15 is 0 Å². The Hall–Kier alpha value is -3.74. The Balaban J connectivity index is 1.69. The van der Waals surface area contributed by atoms with Gasteiger partial charge in [-0.25, -0.2) is 23.4 Å². The third kappa shape index (κ3) is 3.70. The van der Waals surface area contributed by atoms with E-state index in [0.717, 1.165) is 0 Å². The molecule has 0 N–H and O–H groups in total. The van der Waals surface area contributed by atoms with Crippen molar-refractivity contribution in [3.05, 3.63) is 83.6 Å². The van der Waals surface area contributed by atoms with Gasteiger partial charge in [-0.2, -0.15) is 0 Å². The van der Waals surface area contributed by atoms with Gasteiger partial charge in [0.2, 0.25) is 0 Å². The van der Waals surface area contributed by atoms with Crippen LogP contribution in [0.25, 0.3) is 28.6 Å². The number of halogens is 2. The quantitative estimate of drug-likeness (QED) is 0.435. The molecule has 0 amide bonds. The van der Waals surface area contributed by atoms with E-state index in [9.17, 15) is 13.6 Å². The predicted molar refractivity (Wildman–Crippen MR) is 116 cm³/mol. The summed E-state index contributed by atoms with van der Waals surface area (Å²) >= 11 is 0. The zero-order valence-electron chi connectivity index (χ0n) is 17.6. The number of hydrogen-bond acceptors (Lipinski definition) is 4. The molecule has 5 nitrogen and oxygen atoms in total. The van der Waals surface area contributed by atoms with Crippen molar-refractivity contribution in [2.45, 2.75) is 26.7 Å². The van der Waals surface area contributed by atoms with E-state index in [1.54, 1.807) is 36.4 Å². The molecule has 0 bridgehead atoms. The van der Waals surface area contributed by atoms with Crippen molar-refractivity contribution < 1.29 is 13.6 Å². The molecule has 0 fully saturated rings. The van der Waals surface area contributed by atoms with Gasteiger partial charge >= 0.3 is 0 Å². The SMILES string of the molecule is CC1(C)CC(=O)c2ccc(-c3nc(-c4cccc(F)c4)nn3-c3cccc(F)c3)nc2C1. The first-order valence-electron chi connectivity index (χ1n) is 10.3. The van der Waals surface area contributed by atoms with Crippen LogP contribution in [0, 0.1) is 17.0 Å². The van der Waals surface area contributed by atoms with Gasteiger partial charge in [0.1, 0.15) is 17.3 Å². The van der Waals surface area contributed by atoms with Gasteiger partial charge in [-0.15, -0.1) is 5.10 Å². The fourth-order valence-electron chi connectivity index (χ4n) is 4.08. The molecule has 160 valence electrons. The first-order chi connectivity index (χ1) is 15.3. The molecule has 32 heavy (non-hydrogen) atoms. The van der Waals surface area contributed by atoms with Crippen LogP contribution in [0.15, 0.2) is 60.7 Å². The van der Waals surface area contributed by atoms with Crippen LogP contribution in [0.2, 0.25) is 0 Å². The molecule has 0 saturated heterocycles. The largest absolute Gasteiger partial charge is 0.294 e. The lowest BCUT2D eigenvalue weighted by Crippen LogP contribution is -2.28. The molecule has 1 aliphatic carbocycles. The Morgan fingerprint density at radius 2 is 1.66 bits per heavy atom. The third-order valence-corrected chi connectivity index (χ3v) is 5.53. The number of Topliss-reactive ketones (excluding diaryl/α,β-unsaturated/α-hetero) is 1. The number of aromatic nitrogens is 4. The Morgan fingerprint density at radius 3 is 2.41 bits per heavy atom. The van der Waals surface area contributed by atoms with Crippen molar-refractivity contribution in [3.63, 3.8) is 0 Å². The molecule has 2 aromatic heterocycles. The molecular formula is C25H20F2N4O. The monoisotopic (exact) mass is 430 g/mol. The lowest BCUT2D eigenvalue weighted by molar-refractivity contribution is 0.0910. The van der Waals surface area contributed by atoms with Crippen LogP contribution in [-0.4, -0.2) is 25.5 Å². The highest BCUT2D eigenvalue weighted by Gasteiger charge is 2.32. The van der Waals surface area contributed by atoms with E-state index in [0.29, 0.717) is 52.7 Å². The van der Waals surface area contributed by atoms with Gasteiger partial charge in [0.25, 0.3) is 0 Å². The summed E-state index contributed by atoms with van der Waals surface area (Å²) in [5, 5.41) is 4.53. The Kier molecular flexibility index (Phi) is 4.69. The van der Waals surface area contributed by atoms with Gasteiger partial charge in [0.15, 0.2) is 17.4 Å². The Morgan fingerprint density at radius 1 is 0.906 bits per heavy atom. The minimum atomic E-state index is -0.415. The highest BCUT2D eigenvalue weighted by atomic mass is 19.1. The number of hydrogen-bond donors (Lipinski definition) is 0. The van der Waals surface area contributed by atoms with E-state index < -0.39 is 11.6 Å². The van der Waals surface area contributed by atoms with Gasteiger partial charge in [0.05, 0.1) is 11.4 Å². The van der Waals surface area contributed by atoms with Gasteiger partial charge in [-0.1, -0.05) is 32.0 Å². The second-order valence-corrected chi connectivity index (χ2v) is 8.79. The lowest BCUT2D eigenvalue weighted by Gasteiger charge is -2.29. The molecule has 2 aromatic carbocycles. The predicted octanol–water partition coefficient (Wildman–Crippen LogP) is 5.43. The maximum absolute atomic E-state index is 14.0. The summed E-state index contributed by atoms with van der Waals surface area (Å²) in [5.74, 6) is -0.0728. The first-order valence-corrected chi connectivity index (χ1v) is 10.3. The first kappa shape index (κ1) is 20.2. The molecule has 7 heteroatoms. The van der Waals surface area contributed by atoms with E-state index in [2.05, 4.69) is 10.1 Å². The van der Waals surface area contributed by atoms with Crippen LogP contribution < -0.4 is 0 Å². The normalized spacial score (nSPS) is 14.9. The summed E-state index contributed by atoms with van der Waals surface area (Å²) in [6.07, 6.45) is 1.14. The van der Waals surface area contributed by atoms with E-state index in [-0.39, 0.29) is 11.2 Å². The summed E-state index contributed by atoms with van der Waals surface area (Å²) in [6, 6.07) is 15.5. The van der Waals surface area contributed by atoms with Gasteiger partial charge in [-0.3, -0.25) is 4.79 Å². The van der Waals surface area contributed by atoms with Gasteiger partial charge in [0, 0.05) is 17.5 Å². The number of carbonyl (C=O) groups excluding carboxylic acids is 1. The highest BCUT2D eigenvalue weighted by Crippen LogP contribution is 2.35. The molecule has 4 aromatic rings. The topological polar surface area (TPSA) is 60.7 Å². The smallest absolute Gasteiger partial charge is 0.182 e. The molecule has 5 rings (SSSR count). The van der Waals surface area contributed by atoms with Crippen molar-refractivity contribution in [1.82, 2.24) is 19.7 Å². The van der Waals surface area contributed by atoms with Crippen molar-refractivity contribution in [3.8, 4) is 28.6 Å². The zero-order valence-corrected chi connectivity index (χ0v) is 17.6. The molecule has 0 spiro atoms. The number of benzene rings is 2. The fourth-order valence-corrected chi connectivity index (χ4v) is 4.08. The molecule has 0 radical (unpaired) electrons. The maximum Gasteiger partial charge on any atom is 0.182 e. The van der Waals surface area contributed by atoms with Crippen LogP contribution in [-0.2, 0) is 6.42 Å². The van der Waals surface area contributed by atoms with Crippen LogP contribution in [0.1, 0.15) is 36.3 Å². The standard InChI is InChI=1S/C25H20F2N4O/c1-25(2)13-21-19(22(32)14-25)9-10-20(28-21)24-29-23(15-5-3-6-16(26)11-15)30-31(24)18-8-4-7-17(27)12-18/h3-12H,13-14H2,1-2H3. The fraction of sp³-hybridized carbons (Fsp3) is 0.200. The van der Waals surface area contributed by atoms with Crippen molar-refractivity contribution in [1.29, 1.82) is 0 Å². The average Bonchev–Trinajstić information content (AvgIpc) is 3.18. The van der Waals surface area contributed by atoms with Crippen LogP contribution in [0.3, 0.4) is 0 Å². The van der Waals surface area contributed by atoms with E-state index in [1.165, 1.54) is 28.9 Å². The average molecular weight is 430 g/mol. The molecular weight excluding hydrogens is 410 g/mol. The molecule has 2 heterocycles. The summed E-state index contributed by atoms with van der Waals surface area (Å²) in [6.45, 7) is 4.08. The molecule has 1 aliphatic rings. The molecule has 0 unspecified atom stereocenters. The maximum atomic E-state index is 14.0. The third-order valence-electron chi connectivity index (χ3n) is 5.53. The second-order valence-electron chi connectivity index (χ2n) is 8.79. The molecule has 0 aliphatic heterocycles. The minimum absolute atomic E-state index is 0.0716. The van der Waals surface area contributed by atoms with Crippen molar-refractivity contribution in [2.24, 2.45) is 5.41 Å². The van der Waals surface area contributed by atoms with Crippen LogP contribution >= 0.6 is 0 Å². The number of nitrogens with zero attached hydrogens (tertiary/aromatic N) is 4. The summed E-state index contributed by atoms with van der Waals surface area (Å²) in [4.78, 5) is 21.9. The van der Waals surface area contributed by atoms with Gasteiger partial charge in [-0.05, 0) is 54.3 Å². The van der Waals surface area contributed by atoms with Crippen LogP contribution in [0.5, 0.6) is 0 Å². The number of carbonyl (C=O) groups is 1. The summed E-state index contributed by atoms with van der Waals surface area (Å²) in [5.41, 5.74) is 2.62. The number of fused-ring (bicyclic) bond motifs is 1. The molecule has 0 atom stereocenters. The highest BCUT2D eigenvalue weighted by molar-refractivity contribution is 5.98. The summed E-state index contributed by atoms with van der Waals surface area (Å²) in [7, 11) is 0. The van der Waals surface area contributed by atoms with Crippen LogP contribution in [0.4, 0.5) is 8.78 Å². The second kappa shape index (κ2) is 7.44. The molecule has 0 saturated carbocycles. The van der Waals surface area contributed by atoms with E-state index in [4.69, 9.17) is 4.98 Å². The van der Waals surface area contributed by atoms with E-state index in [1.807, 2.05) is 13.8 Å². The minimum Gasteiger partial charge on any atom is -0.294 e. The van der Waals surface area contributed by atoms with Crippen molar-refractivity contribution >= 4 is 5.78 Å². The number of rotatable bonds is 3. The Labute approximate surface area is 183 Å². The zero-order chi connectivity index (χ0) is 22.5. The van der Waals surface area contributed by atoms with Gasteiger partial charge < -0.3 is 0 Å². The lowest BCUT2D eigenvalue weighted by atomic mass is 9.75. The number of pyridine rings is 1. The Bertz CT molecular complexity index is 1360. The number of ketones is 1.